The highest BCUT2D eigenvalue weighted by atomic mass is 15.0. The van der Waals surface area contributed by atoms with Crippen LogP contribution in [0.3, 0.4) is 0 Å². The Morgan fingerprint density at radius 1 is 0.422 bits per heavy atom. The number of aromatic nitrogens is 3. The largest absolute Gasteiger partial charge is 0.354 e. The van der Waals surface area contributed by atoms with E-state index in [2.05, 4.69) is 184 Å². The van der Waals surface area contributed by atoms with Gasteiger partial charge in [0.25, 0.3) is 6.71 Å². The Balaban J connectivity index is 1.06. The highest BCUT2D eigenvalue weighted by Gasteiger charge is 2.42. The molecule has 0 amide bonds. The summed E-state index contributed by atoms with van der Waals surface area (Å²) in [5.74, 6) is 0. The van der Waals surface area contributed by atoms with Gasteiger partial charge in [0.05, 0.1) is 34.6 Å². The average molecular weight is 815 g/mol. The van der Waals surface area contributed by atoms with Crippen LogP contribution < -0.4 is 16.4 Å². The van der Waals surface area contributed by atoms with Gasteiger partial charge in [-0.2, -0.15) is 0 Å². The lowest BCUT2D eigenvalue weighted by Gasteiger charge is -2.34. The summed E-state index contributed by atoms with van der Waals surface area (Å²) in [5.41, 5.74) is 20.3. The van der Waals surface area contributed by atoms with Gasteiger partial charge in [-0.15, -0.1) is 0 Å². The monoisotopic (exact) mass is 814 g/mol. The molecular weight excluding hydrogens is 773 g/mol. The van der Waals surface area contributed by atoms with Gasteiger partial charge in [0.15, 0.2) is 0 Å². The molecule has 0 unspecified atom stereocenters. The predicted octanol–water partition coefficient (Wildman–Crippen LogP) is 13.3. The van der Waals surface area contributed by atoms with Crippen LogP contribution in [-0.2, 0) is 0 Å². The Kier molecular flexibility index (Phi) is 5.89. The Bertz CT molecular complexity index is 4420. The molecule has 4 heteroatoms. The molecule has 2 aliphatic rings. The van der Waals surface area contributed by atoms with Gasteiger partial charge in [0.2, 0.25) is 0 Å². The summed E-state index contributed by atoms with van der Waals surface area (Å²) in [6.45, 7) is -0.0933. The lowest BCUT2D eigenvalue weighted by atomic mass is 9.34. The summed E-state index contributed by atoms with van der Waals surface area (Å²) in [4.78, 5) is 4.07. The minimum absolute atomic E-state index is 0.0933. The van der Waals surface area contributed by atoms with E-state index in [0.717, 1.165) is 66.1 Å². The zero-order chi connectivity index (χ0) is 46.0. The molecule has 3 nitrogen and oxygen atoms in total. The fourth-order valence-corrected chi connectivity index (χ4v) is 11.7. The predicted molar refractivity (Wildman–Crippen MR) is 271 cm³/mol. The zero-order valence-electron chi connectivity index (χ0n) is 39.3. The van der Waals surface area contributed by atoms with Crippen LogP contribution in [0, 0.1) is 0 Å². The molecule has 0 saturated heterocycles. The highest BCUT2D eigenvalue weighted by molar-refractivity contribution is 7.00. The Morgan fingerprint density at radius 3 is 1.81 bits per heavy atom. The van der Waals surface area contributed by atoms with Crippen molar-refractivity contribution in [2.75, 3.05) is 0 Å². The van der Waals surface area contributed by atoms with E-state index < -0.39 is 6.04 Å². The molecule has 0 radical (unpaired) electrons. The number of nitrogens with one attached hydrogen (secondary N) is 1. The Labute approximate surface area is 376 Å². The van der Waals surface area contributed by atoms with E-state index in [1.165, 1.54) is 60.4 Å². The Morgan fingerprint density at radius 2 is 1.02 bits per heavy atom. The molecule has 15 rings (SSSR count). The van der Waals surface area contributed by atoms with Crippen LogP contribution in [0.4, 0.5) is 0 Å². The SMILES string of the molecule is [2H]c1c([2H])c([2H])c(-c2ccc3c(c2)c2cccc4c2n3-c2cc3[nH]c5c(-c6ccccc6-c6ccccc6-c6ccccc6)cccc5c3c3c2B4c2cccc4c5ccccc5n-3c24)c([2H])c1[2H]. The maximum Gasteiger partial charge on any atom is 0.252 e. The zero-order valence-corrected chi connectivity index (χ0v) is 34.3. The van der Waals surface area contributed by atoms with E-state index in [1.54, 1.807) is 0 Å². The van der Waals surface area contributed by atoms with Crippen molar-refractivity contribution in [2.24, 2.45) is 0 Å². The van der Waals surface area contributed by atoms with Gasteiger partial charge in [-0.1, -0.05) is 188 Å². The van der Waals surface area contributed by atoms with Crippen LogP contribution in [0.15, 0.2) is 212 Å². The summed E-state index contributed by atoms with van der Waals surface area (Å²) in [7, 11) is 0. The number of fused-ring (bicyclic) bond motifs is 14. The van der Waals surface area contributed by atoms with E-state index in [-0.39, 0.29) is 36.4 Å². The lowest BCUT2D eigenvalue weighted by Crippen LogP contribution is -2.59. The Hall–Kier alpha value is -8.34. The van der Waals surface area contributed by atoms with Crippen molar-refractivity contribution in [1.29, 1.82) is 0 Å². The van der Waals surface area contributed by atoms with Crippen molar-refractivity contribution in [2.45, 2.75) is 0 Å². The third-order valence-corrected chi connectivity index (χ3v) is 14.1. The number of para-hydroxylation sites is 4. The van der Waals surface area contributed by atoms with Gasteiger partial charge < -0.3 is 14.1 Å². The number of aromatic amines is 1. The van der Waals surface area contributed by atoms with E-state index in [9.17, 15) is 0 Å². The van der Waals surface area contributed by atoms with Gasteiger partial charge in [0.1, 0.15) is 0 Å². The number of benzene rings is 10. The van der Waals surface area contributed by atoms with Crippen LogP contribution in [0.1, 0.15) is 6.85 Å². The first kappa shape index (κ1) is 29.8. The van der Waals surface area contributed by atoms with Gasteiger partial charge >= 0.3 is 0 Å². The molecule has 0 atom stereocenters. The third kappa shape index (κ3) is 4.41. The third-order valence-electron chi connectivity index (χ3n) is 14.1. The molecule has 13 aromatic rings. The van der Waals surface area contributed by atoms with Gasteiger partial charge in [-0.3, -0.25) is 0 Å². The lowest BCUT2D eigenvalue weighted by molar-refractivity contribution is 1.16. The first-order valence-corrected chi connectivity index (χ1v) is 21.9. The summed E-state index contributed by atoms with van der Waals surface area (Å²) >= 11 is 0. The van der Waals surface area contributed by atoms with Gasteiger partial charge in [0, 0.05) is 54.6 Å². The minimum atomic E-state index is -0.396. The molecule has 0 saturated carbocycles. The van der Waals surface area contributed by atoms with E-state index in [4.69, 9.17) is 6.85 Å². The van der Waals surface area contributed by atoms with Gasteiger partial charge in [-0.05, 0) is 79.6 Å². The molecule has 2 aliphatic heterocycles. The molecule has 10 aromatic carbocycles. The van der Waals surface area contributed by atoms with Crippen molar-refractivity contribution in [1.82, 2.24) is 14.1 Å². The average Bonchev–Trinajstić information content (AvgIpc) is 4.06. The summed E-state index contributed by atoms with van der Waals surface area (Å²) in [6.07, 6.45) is 0. The van der Waals surface area contributed by atoms with Crippen molar-refractivity contribution in [3.8, 4) is 55.9 Å². The number of nitrogens with zero attached hydrogens (tertiary/aromatic N) is 2. The molecular formula is C60H36BN3. The molecule has 0 spiro atoms. The first-order chi connectivity index (χ1) is 33.9. The van der Waals surface area contributed by atoms with E-state index in [0.29, 0.717) is 5.56 Å². The van der Waals surface area contributed by atoms with Crippen LogP contribution >= 0.6 is 0 Å². The topological polar surface area (TPSA) is 25.6 Å². The summed E-state index contributed by atoms with van der Waals surface area (Å²) < 4.78 is 47.9. The summed E-state index contributed by atoms with van der Waals surface area (Å²) in [6, 6.07) is 63.9. The molecule has 0 bridgehead atoms. The maximum atomic E-state index is 8.88. The highest BCUT2D eigenvalue weighted by Crippen LogP contribution is 2.46. The van der Waals surface area contributed by atoms with Crippen LogP contribution in [0.5, 0.6) is 0 Å². The number of hydrogen-bond acceptors (Lipinski definition) is 0. The molecule has 0 fully saturated rings. The molecule has 1 N–H and O–H groups in total. The van der Waals surface area contributed by atoms with Crippen LogP contribution in [0.25, 0.3) is 121 Å². The minimum Gasteiger partial charge on any atom is -0.354 e. The normalized spacial score (nSPS) is 13.8. The number of rotatable bonds is 4. The molecule has 5 heterocycles. The van der Waals surface area contributed by atoms with Crippen LogP contribution in [0.2, 0.25) is 0 Å². The number of H-pyrrole nitrogens is 1. The van der Waals surface area contributed by atoms with Crippen molar-refractivity contribution >= 4 is 88.5 Å². The van der Waals surface area contributed by atoms with Gasteiger partial charge in [-0.25, -0.2) is 0 Å². The quantitative estimate of drug-likeness (QED) is 0.171. The fourth-order valence-electron chi connectivity index (χ4n) is 11.7. The molecule has 3 aromatic heterocycles. The van der Waals surface area contributed by atoms with Crippen molar-refractivity contribution < 1.29 is 6.85 Å². The molecule has 0 aliphatic carbocycles. The second-order valence-electron chi connectivity index (χ2n) is 17.2. The van der Waals surface area contributed by atoms with E-state index in [1.807, 2.05) is 12.1 Å². The van der Waals surface area contributed by atoms with E-state index >= 15 is 0 Å². The second kappa shape index (κ2) is 12.6. The van der Waals surface area contributed by atoms with Crippen molar-refractivity contribution in [3.63, 3.8) is 0 Å². The molecule has 294 valence electrons. The molecule has 64 heavy (non-hydrogen) atoms. The fraction of sp³-hybridized carbons (Fsp3) is 0. The first-order valence-electron chi connectivity index (χ1n) is 24.4. The van der Waals surface area contributed by atoms with Crippen LogP contribution in [-0.4, -0.2) is 20.8 Å². The smallest absolute Gasteiger partial charge is 0.252 e. The standard InChI is InChI=1S/C60H36BN3/c1-3-16-36(17-4-1)38-32-33-53-48(34-38)46-27-15-29-49-58(46)63(53)54-35-51-55(60-56(54)61(49)50-30-14-26-45-43-24-11-12-31-52(43)64(60)59(45)50)47-28-13-25-44(57(47)62-51)42-23-10-9-22-41(42)40-21-8-7-20-39(40)37-18-5-2-6-19-37/h1-35,62H/i1D,3D,4D,16D,17D. The second-order valence-corrected chi connectivity index (χ2v) is 17.2. The van der Waals surface area contributed by atoms with Crippen molar-refractivity contribution in [3.05, 3.63) is 212 Å². The maximum absolute atomic E-state index is 8.88. The summed E-state index contributed by atoms with van der Waals surface area (Å²) in [5, 5.41) is 6.77. The number of hydrogen-bond donors (Lipinski definition) is 1.